The number of esters is 1. The van der Waals surface area contributed by atoms with Crippen LogP contribution in [0, 0.1) is 11.8 Å². The fourth-order valence-corrected chi connectivity index (χ4v) is 3.18. The number of rotatable bonds is 0. The Bertz CT molecular complexity index is 298. The molecule has 3 heteroatoms. The topological polar surface area (TPSA) is 38.7 Å². The molecule has 1 saturated carbocycles. The Hall–Kier alpha value is -0.860. The van der Waals surface area contributed by atoms with Gasteiger partial charge in [-0.25, -0.2) is 0 Å². The lowest BCUT2D eigenvalue weighted by molar-refractivity contribution is -0.141. The van der Waals surface area contributed by atoms with Gasteiger partial charge in [-0.3, -0.25) is 9.79 Å². The Kier molecular flexibility index (Phi) is 1.85. The van der Waals surface area contributed by atoms with Crippen LogP contribution in [0.3, 0.4) is 0 Å². The van der Waals surface area contributed by atoms with Crippen molar-refractivity contribution in [3.63, 3.8) is 0 Å². The van der Waals surface area contributed by atoms with Gasteiger partial charge >= 0.3 is 5.97 Å². The first kappa shape index (κ1) is 8.45. The lowest BCUT2D eigenvalue weighted by Crippen LogP contribution is -2.20. The van der Waals surface area contributed by atoms with E-state index in [0.717, 1.165) is 12.3 Å². The molecule has 0 aromatic heterocycles. The van der Waals surface area contributed by atoms with Gasteiger partial charge in [0.15, 0.2) is 0 Å². The lowest BCUT2D eigenvalue weighted by atomic mass is 9.85. The largest absolute Gasteiger partial charge is 0.460 e. The molecule has 76 valence electrons. The Morgan fingerprint density at radius 2 is 2.21 bits per heavy atom. The summed E-state index contributed by atoms with van der Waals surface area (Å²) in [6.07, 6.45) is 5.43. The predicted octanol–water partition coefficient (Wildman–Crippen LogP) is 1.56. The molecule has 2 fully saturated rings. The summed E-state index contributed by atoms with van der Waals surface area (Å²) in [7, 11) is 0. The second kappa shape index (κ2) is 3.07. The van der Waals surface area contributed by atoms with E-state index in [-0.39, 0.29) is 5.97 Å². The standard InChI is InChI=1S/C11H15NO2/c13-11-5-4-8-7-2-1-3-9(7)12-10(8)6-14-11/h7-9H,1-6H2. The highest BCUT2D eigenvalue weighted by Crippen LogP contribution is 2.42. The van der Waals surface area contributed by atoms with E-state index in [0.29, 0.717) is 25.0 Å². The Labute approximate surface area is 83.5 Å². The maximum Gasteiger partial charge on any atom is 0.306 e. The average molecular weight is 193 g/mol. The van der Waals surface area contributed by atoms with Crippen LogP contribution in [-0.2, 0) is 9.53 Å². The number of cyclic esters (lactones) is 1. The van der Waals surface area contributed by atoms with Crippen LogP contribution in [0.4, 0.5) is 0 Å². The second-order valence-electron chi connectivity index (χ2n) is 4.59. The van der Waals surface area contributed by atoms with Crippen molar-refractivity contribution in [2.45, 2.75) is 38.1 Å². The number of carbonyl (C=O) groups is 1. The van der Waals surface area contributed by atoms with E-state index in [1.165, 1.54) is 25.0 Å². The maximum atomic E-state index is 11.1. The number of carbonyl (C=O) groups excluding carboxylic acids is 1. The number of hydrogen-bond donors (Lipinski definition) is 0. The van der Waals surface area contributed by atoms with E-state index >= 15 is 0 Å². The minimum Gasteiger partial charge on any atom is -0.460 e. The van der Waals surface area contributed by atoms with Gasteiger partial charge in [-0.05, 0) is 25.2 Å². The maximum absolute atomic E-state index is 11.1. The molecular weight excluding hydrogens is 178 g/mol. The summed E-state index contributed by atoms with van der Waals surface area (Å²) >= 11 is 0. The number of fused-ring (bicyclic) bond motifs is 3. The Balaban J connectivity index is 1.84. The molecule has 0 spiro atoms. The highest BCUT2D eigenvalue weighted by atomic mass is 16.5. The first-order valence-electron chi connectivity index (χ1n) is 5.57. The van der Waals surface area contributed by atoms with Crippen LogP contribution in [0.25, 0.3) is 0 Å². The summed E-state index contributed by atoms with van der Waals surface area (Å²) < 4.78 is 5.11. The van der Waals surface area contributed by atoms with Crippen molar-refractivity contribution in [2.75, 3.05) is 6.61 Å². The first-order chi connectivity index (χ1) is 6.84. The van der Waals surface area contributed by atoms with E-state index in [1.807, 2.05) is 0 Å². The molecule has 0 aromatic carbocycles. The minimum atomic E-state index is -0.0448. The third kappa shape index (κ3) is 1.18. The SMILES string of the molecule is O=C1CCC2C(=NC3CCCC32)CO1. The summed E-state index contributed by atoms with van der Waals surface area (Å²) in [5.41, 5.74) is 1.17. The van der Waals surface area contributed by atoms with E-state index < -0.39 is 0 Å². The van der Waals surface area contributed by atoms with Gasteiger partial charge in [0.2, 0.25) is 0 Å². The van der Waals surface area contributed by atoms with E-state index in [2.05, 4.69) is 0 Å². The van der Waals surface area contributed by atoms with Gasteiger partial charge in [0, 0.05) is 12.3 Å². The van der Waals surface area contributed by atoms with Gasteiger partial charge in [-0.2, -0.15) is 0 Å². The minimum absolute atomic E-state index is 0.0448. The van der Waals surface area contributed by atoms with Crippen LogP contribution in [0.2, 0.25) is 0 Å². The van der Waals surface area contributed by atoms with Crippen molar-refractivity contribution in [3.8, 4) is 0 Å². The monoisotopic (exact) mass is 193 g/mol. The zero-order valence-electron chi connectivity index (χ0n) is 8.24. The molecule has 2 aliphatic heterocycles. The number of ether oxygens (including phenoxy) is 1. The van der Waals surface area contributed by atoms with Gasteiger partial charge in [0.1, 0.15) is 6.61 Å². The molecule has 0 radical (unpaired) electrons. The highest BCUT2D eigenvalue weighted by Gasteiger charge is 2.42. The van der Waals surface area contributed by atoms with Gasteiger partial charge in [0.25, 0.3) is 0 Å². The van der Waals surface area contributed by atoms with Crippen LogP contribution in [-0.4, -0.2) is 24.3 Å². The highest BCUT2D eigenvalue weighted by molar-refractivity contribution is 5.93. The fourth-order valence-electron chi connectivity index (χ4n) is 3.18. The molecule has 0 N–H and O–H groups in total. The van der Waals surface area contributed by atoms with Crippen LogP contribution >= 0.6 is 0 Å². The summed E-state index contributed by atoms with van der Waals surface area (Å²) in [5.74, 6) is 1.25. The second-order valence-corrected chi connectivity index (χ2v) is 4.59. The molecule has 3 rings (SSSR count). The van der Waals surface area contributed by atoms with Crippen molar-refractivity contribution in [3.05, 3.63) is 0 Å². The normalized spacial score (nSPS) is 41.0. The first-order valence-corrected chi connectivity index (χ1v) is 5.57. The van der Waals surface area contributed by atoms with Crippen molar-refractivity contribution < 1.29 is 9.53 Å². The predicted molar refractivity (Wildman–Crippen MR) is 52.2 cm³/mol. The van der Waals surface area contributed by atoms with Crippen LogP contribution in [0.1, 0.15) is 32.1 Å². The number of nitrogens with zero attached hydrogens (tertiary/aromatic N) is 1. The van der Waals surface area contributed by atoms with Crippen LogP contribution in [0.15, 0.2) is 4.99 Å². The zero-order chi connectivity index (χ0) is 9.54. The summed E-state index contributed by atoms with van der Waals surface area (Å²) in [6.45, 7) is 0.469. The van der Waals surface area contributed by atoms with Gasteiger partial charge < -0.3 is 4.74 Å². The molecule has 2 heterocycles. The molecule has 1 saturated heterocycles. The summed E-state index contributed by atoms with van der Waals surface area (Å²) in [4.78, 5) is 15.8. The molecule has 1 aliphatic carbocycles. The van der Waals surface area contributed by atoms with E-state index in [9.17, 15) is 4.79 Å². The van der Waals surface area contributed by atoms with Crippen molar-refractivity contribution >= 4 is 11.7 Å². The van der Waals surface area contributed by atoms with E-state index in [4.69, 9.17) is 9.73 Å². The molecule has 14 heavy (non-hydrogen) atoms. The fraction of sp³-hybridized carbons (Fsp3) is 0.818. The zero-order valence-corrected chi connectivity index (χ0v) is 8.24. The number of hydrogen-bond acceptors (Lipinski definition) is 3. The third-order valence-electron chi connectivity index (χ3n) is 3.85. The molecule has 0 aromatic rings. The van der Waals surface area contributed by atoms with Crippen molar-refractivity contribution in [2.24, 2.45) is 16.8 Å². The smallest absolute Gasteiger partial charge is 0.306 e. The average Bonchev–Trinajstić information content (AvgIpc) is 2.67. The third-order valence-corrected chi connectivity index (χ3v) is 3.85. The Morgan fingerprint density at radius 3 is 3.14 bits per heavy atom. The summed E-state index contributed by atoms with van der Waals surface area (Å²) in [5, 5.41) is 0. The molecule has 3 atom stereocenters. The van der Waals surface area contributed by atoms with Crippen molar-refractivity contribution in [1.29, 1.82) is 0 Å². The molecule has 0 amide bonds. The molecule has 3 aliphatic rings. The molecule has 3 unspecified atom stereocenters. The van der Waals surface area contributed by atoms with Gasteiger partial charge in [-0.1, -0.05) is 6.42 Å². The molecular formula is C11H15NO2. The Morgan fingerprint density at radius 1 is 1.29 bits per heavy atom. The van der Waals surface area contributed by atoms with E-state index in [1.54, 1.807) is 0 Å². The molecule has 3 nitrogen and oxygen atoms in total. The van der Waals surface area contributed by atoms with Crippen LogP contribution < -0.4 is 0 Å². The quantitative estimate of drug-likeness (QED) is 0.548. The molecule has 0 bridgehead atoms. The van der Waals surface area contributed by atoms with Gasteiger partial charge in [-0.15, -0.1) is 0 Å². The number of aliphatic imine (C=N–C) groups is 1. The van der Waals surface area contributed by atoms with Gasteiger partial charge in [0.05, 0.1) is 11.8 Å². The van der Waals surface area contributed by atoms with Crippen molar-refractivity contribution in [1.82, 2.24) is 0 Å². The summed E-state index contributed by atoms with van der Waals surface area (Å²) in [6, 6.07) is 0.562. The lowest BCUT2D eigenvalue weighted by Gasteiger charge is -2.16. The van der Waals surface area contributed by atoms with Crippen LogP contribution in [0.5, 0.6) is 0 Å².